The average molecular weight is 231 g/mol. The number of H-pyrrole nitrogens is 1. The van der Waals surface area contributed by atoms with Gasteiger partial charge in [-0.15, -0.1) is 0 Å². The zero-order chi connectivity index (χ0) is 12.0. The molecule has 1 aliphatic heterocycles. The Kier molecular flexibility index (Phi) is 1.85. The molecule has 2 aromatic rings. The van der Waals surface area contributed by atoms with Crippen molar-refractivity contribution in [2.24, 2.45) is 7.05 Å². The SMILES string of the molecule is Cn1[nH]c(=O)c2c(c1=O)Nc1ccccc1O2. The van der Waals surface area contributed by atoms with Gasteiger partial charge in [-0.25, -0.2) is 0 Å². The molecule has 0 atom stereocenters. The summed E-state index contributed by atoms with van der Waals surface area (Å²) in [5, 5.41) is 5.29. The minimum Gasteiger partial charge on any atom is -0.447 e. The maximum Gasteiger partial charge on any atom is 0.308 e. The van der Waals surface area contributed by atoms with Gasteiger partial charge in [0.25, 0.3) is 5.56 Å². The maximum atomic E-state index is 11.8. The highest BCUT2D eigenvalue weighted by atomic mass is 16.5. The first-order chi connectivity index (χ1) is 8.16. The summed E-state index contributed by atoms with van der Waals surface area (Å²) in [5.41, 5.74) is 0.0517. The number of para-hydroxylation sites is 2. The summed E-state index contributed by atoms with van der Waals surface area (Å²) >= 11 is 0. The zero-order valence-corrected chi connectivity index (χ0v) is 8.98. The Morgan fingerprint density at radius 1 is 1.24 bits per heavy atom. The highest BCUT2D eigenvalue weighted by Gasteiger charge is 2.22. The molecular formula is C11H9N3O3. The van der Waals surface area contributed by atoms with Crippen molar-refractivity contribution in [2.75, 3.05) is 5.32 Å². The minimum atomic E-state index is -0.441. The molecule has 1 aromatic carbocycles. The molecule has 0 aliphatic carbocycles. The average Bonchev–Trinajstić information content (AvgIpc) is 2.34. The first kappa shape index (κ1) is 9.71. The van der Waals surface area contributed by atoms with Crippen molar-refractivity contribution in [3.63, 3.8) is 0 Å². The third kappa shape index (κ3) is 1.34. The molecule has 0 bridgehead atoms. The number of benzene rings is 1. The van der Waals surface area contributed by atoms with Gasteiger partial charge >= 0.3 is 5.56 Å². The second-order valence-electron chi connectivity index (χ2n) is 3.73. The van der Waals surface area contributed by atoms with Gasteiger partial charge in [-0.2, -0.15) is 0 Å². The number of nitrogens with one attached hydrogen (secondary N) is 2. The van der Waals surface area contributed by atoms with Crippen molar-refractivity contribution in [2.45, 2.75) is 0 Å². The summed E-state index contributed by atoms with van der Waals surface area (Å²) < 4.78 is 6.54. The molecule has 0 fully saturated rings. The van der Waals surface area contributed by atoms with Gasteiger partial charge in [0.2, 0.25) is 5.75 Å². The fourth-order valence-electron chi connectivity index (χ4n) is 1.74. The predicted octanol–water partition coefficient (Wildman–Crippen LogP) is 0.923. The van der Waals surface area contributed by atoms with E-state index in [0.717, 1.165) is 4.68 Å². The molecule has 0 spiro atoms. The topological polar surface area (TPSA) is 76.1 Å². The van der Waals surface area contributed by atoms with Gasteiger partial charge in [0.1, 0.15) is 0 Å². The number of hydrogen-bond donors (Lipinski definition) is 2. The number of nitrogens with zero attached hydrogens (tertiary/aromatic N) is 1. The first-order valence-electron chi connectivity index (χ1n) is 5.04. The second kappa shape index (κ2) is 3.24. The van der Waals surface area contributed by atoms with E-state index in [9.17, 15) is 9.59 Å². The number of hydrogen-bond acceptors (Lipinski definition) is 4. The van der Waals surface area contributed by atoms with E-state index >= 15 is 0 Å². The molecular weight excluding hydrogens is 222 g/mol. The van der Waals surface area contributed by atoms with Crippen LogP contribution in [0.3, 0.4) is 0 Å². The van der Waals surface area contributed by atoms with Gasteiger partial charge in [-0.05, 0) is 12.1 Å². The van der Waals surface area contributed by atoms with Crippen molar-refractivity contribution in [3.05, 3.63) is 45.0 Å². The van der Waals surface area contributed by atoms with E-state index in [1.165, 1.54) is 7.05 Å². The molecule has 0 unspecified atom stereocenters. The molecule has 2 heterocycles. The van der Waals surface area contributed by atoms with Crippen LogP contribution in [-0.4, -0.2) is 9.78 Å². The van der Waals surface area contributed by atoms with Crippen LogP contribution in [0.5, 0.6) is 11.5 Å². The Balaban J connectivity index is 2.28. The lowest BCUT2D eigenvalue weighted by atomic mass is 10.2. The molecule has 1 aliphatic rings. The fourth-order valence-corrected chi connectivity index (χ4v) is 1.74. The first-order valence-corrected chi connectivity index (χ1v) is 5.04. The number of aryl methyl sites for hydroxylation is 1. The molecule has 0 saturated carbocycles. The highest BCUT2D eigenvalue weighted by Crippen LogP contribution is 2.37. The molecule has 6 heteroatoms. The summed E-state index contributed by atoms with van der Waals surface area (Å²) in [7, 11) is 1.48. The molecule has 1 aromatic heterocycles. The molecule has 6 nitrogen and oxygen atoms in total. The molecule has 86 valence electrons. The molecule has 0 amide bonds. The Labute approximate surface area is 95.5 Å². The van der Waals surface area contributed by atoms with Gasteiger partial charge in [0.15, 0.2) is 11.4 Å². The van der Waals surface area contributed by atoms with Crippen molar-refractivity contribution in [3.8, 4) is 11.5 Å². The van der Waals surface area contributed by atoms with Gasteiger partial charge in [-0.3, -0.25) is 19.4 Å². The third-order valence-electron chi connectivity index (χ3n) is 2.58. The molecule has 0 radical (unpaired) electrons. The Bertz CT molecular complexity index is 715. The highest BCUT2D eigenvalue weighted by molar-refractivity contribution is 5.74. The predicted molar refractivity (Wildman–Crippen MR) is 62.1 cm³/mol. The van der Waals surface area contributed by atoms with E-state index in [1.54, 1.807) is 18.2 Å². The van der Waals surface area contributed by atoms with E-state index in [-0.39, 0.29) is 17.0 Å². The molecule has 3 rings (SSSR count). The Morgan fingerprint density at radius 3 is 2.82 bits per heavy atom. The van der Waals surface area contributed by atoms with Gasteiger partial charge < -0.3 is 10.1 Å². The summed E-state index contributed by atoms with van der Waals surface area (Å²) in [6, 6.07) is 7.11. The number of aromatic nitrogens is 2. The maximum absolute atomic E-state index is 11.8. The lowest BCUT2D eigenvalue weighted by Crippen LogP contribution is -2.31. The number of anilines is 2. The van der Waals surface area contributed by atoms with Crippen molar-refractivity contribution >= 4 is 11.4 Å². The van der Waals surface area contributed by atoms with E-state index in [4.69, 9.17) is 4.74 Å². The minimum absolute atomic E-state index is 0.00630. The summed E-state index contributed by atoms with van der Waals surface area (Å²) in [6.07, 6.45) is 0. The van der Waals surface area contributed by atoms with Crippen LogP contribution in [0.2, 0.25) is 0 Å². The van der Waals surface area contributed by atoms with Gasteiger partial charge in [-0.1, -0.05) is 12.1 Å². The number of aromatic amines is 1. The molecule has 2 N–H and O–H groups in total. The van der Waals surface area contributed by atoms with Gasteiger partial charge in [0.05, 0.1) is 5.69 Å². The normalized spacial score (nSPS) is 12.1. The van der Waals surface area contributed by atoms with Crippen LogP contribution in [0.25, 0.3) is 0 Å². The van der Waals surface area contributed by atoms with Crippen LogP contribution >= 0.6 is 0 Å². The smallest absolute Gasteiger partial charge is 0.308 e. The van der Waals surface area contributed by atoms with Crippen LogP contribution in [-0.2, 0) is 7.05 Å². The largest absolute Gasteiger partial charge is 0.447 e. The third-order valence-corrected chi connectivity index (χ3v) is 2.58. The molecule has 0 saturated heterocycles. The van der Waals surface area contributed by atoms with Crippen LogP contribution in [0.4, 0.5) is 11.4 Å². The van der Waals surface area contributed by atoms with Crippen molar-refractivity contribution in [1.82, 2.24) is 9.78 Å². The summed E-state index contributed by atoms with van der Waals surface area (Å²) in [6.45, 7) is 0. The number of rotatable bonds is 0. The Morgan fingerprint density at radius 2 is 2.00 bits per heavy atom. The zero-order valence-electron chi connectivity index (χ0n) is 8.98. The summed E-state index contributed by atoms with van der Waals surface area (Å²) in [4.78, 5) is 23.5. The molecule has 17 heavy (non-hydrogen) atoms. The van der Waals surface area contributed by atoms with Crippen LogP contribution in [0.15, 0.2) is 33.9 Å². The number of fused-ring (bicyclic) bond motifs is 2. The standard InChI is InChI=1S/C11H9N3O3/c1-14-11(16)8-9(10(15)13-14)17-7-5-3-2-4-6(7)12-8/h2-5,12H,1H3,(H,13,15). The quantitative estimate of drug-likeness (QED) is 0.603. The van der Waals surface area contributed by atoms with Gasteiger partial charge in [0, 0.05) is 7.05 Å². The lowest BCUT2D eigenvalue weighted by molar-refractivity contribution is 0.464. The van der Waals surface area contributed by atoms with Crippen LogP contribution < -0.4 is 21.2 Å². The lowest BCUT2D eigenvalue weighted by Gasteiger charge is -2.20. The monoisotopic (exact) mass is 231 g/mol. The van der Waals surface area contributed by atoms with E-state index in [0.29, 0.717) is 11.4 Å². The second-order valence-corrected chi connectivity index (χ2v) is 3.73. The van der Waals surface area contributed by atoms with E-state index in [2.05, 4.69) is 10.4 Å². The van der Waals surface area contributed by atoms with Crippen molar-refractivity contribution in [1.29, 1.82) is 0 Å². The van der Waals surface area contributed by atoms with E-state index in [1.807, 2.05) is 6.07 Å². The van der Waals surface area contributed by atoms with Crippen molar-refractivity contribution < 1.29 is 4.74 Å². The van der Waals surface area contributed by atoms with Crippen LogP contribution in [0, 0.1) is 0 Å². The summed E-state index contributed by atoms with van der Waals surface area (Å²) in [5.74, 6) is 0.533. The Hall–Kier alpha value is -2.50. The van der Waals surface area contributed by atoms with Crippen LogP contribution in [0.1, 0.15) is 0 Å². The number of ether oxygens (including phenoxy) is 1. The fraction of sp³-hybridized carbons (Fsp3) is 0.0909. The van der Waals surface area contributed by atoms with E-state index < -0.39 is 5.56 Å².